The van der Waals surface area contributed by atoms with Gasteiger partial charge < -0.3 is 9.84 Å². The first-order chi connectivity index (χ1) is 8.30. The van der Waals surface area contributed by atoms with Gasteiger partial charge in [-0.25, -0.2) is 0 Å². The van der Waals surface area contributed by atoms with Crippen molar-refractivity contribution in [3.05, 3.63) is 29.8 Å². The van der Waals surface area contributed by atoms with E-state index in [0.717, 1.165) is 12.2 Å². The van der Waals surface area contributed by atoms with Crippen LogP contribution >= 0.6 is 0 Å². The molecule has 0 aromatic heterocycles. The fourth-order valence-electron chi connectivity index (χ4n) is 1.55. The highest BCUT2D eigenvalue weighted by Crippen LogP contribution is 2.28. The molecule has 2 heteroatoms. The average molecular weight is 250 g/mol. The van der Waals surface area contributed by atoms with Crippen molar-refractivity contribution >= 4 is 0 Å². The van der Waals surface area contributed by atoms with Crippen LogP contribution in [-0.4, -0.2) is 17.3 Å². The van der Waals surface area contributed by atoms with Crippen molar-refractivity contribution in [2.45, 2.75) is 58.5 Å². The number of hydrogen-bond acceptors (Lipinski definition) is 2. The average Bonchev–Trinajstić information content (AvgIpc) is 2.37. The van der Waals surface area contributed by atoms with Crippen molar-refractivity contribution < 1.29 is 9.84 Å². The van der Waals surface area contributed by atoms with E-state index in [0.29, 0.717) is 13.0 Å². The zero-order chi connectivity index (χ0) is 13.8. The topological polar surface area (TPSA) is 29.5 Å². The Hall–Kier alpha value is -1.02. The molecule has 0 heterocycles. The fourth-order valence-corrected chi connectivity index (χ4v) is 1.55. The third-order valence-electron chi connectivity index (χ3n) is 3.83. The van der Waals surface area contributed by atoms with Crippen molar-refractivity contribution in [1.29, 1.82) is 0 Å². The molecule has 1 N–H and O–H groups in total. The van der Waals surface area contributed by atoms with Crippen LogP contribution in [0, 0.1) is 0 Å². The summed E-state index contributed by atoms with van der Waals surface area (Å²) >= 11 is 0. The molecule has 102 valence electrons. The maximum Gasteiger partial charge on any atom is 0.119 e. The predicted octanol–water partition coefficient (Wildman–Crippen LogP) is 3.91. The van der Waals surface area contributed by atoms with Gasteiger partial charge in [0, 0.05) is 0 Å². The molecule has 1 aromatic carbocycles. The number of ether oxygens (including phenoxy) is 1. The van der Waals surface area contributed by atoms with Crippen molar-refractivity contribution in [1.82, 2.24) is 0 Å². The first-order valence-corrected chi connectivity index (χ1v) is 6.76. The molecule has 1 atom stereocenters. The summed E-state index contributed by atoms with van der Waals surface area (Å²) in [5.41, 5.74) is 0.772. The highest BCUT2D eigenvalue weighted by atomic mass is 16.5. The number of hydrogen-bond donors (Lipinski definition) is 1. The molecule has 0 aliphatic carbocycles. The summed E-state index contributed by atoms with van der Waals surface area (Å²) in [5, 5.41) is 9.88. The van der Waals surface area contributed by atoms with E-state index in [2.05, 4.69) is 32.9 Å². The van der Waals surface area contributed by atoms with Gasteiger partial charge >= 0.3 is 0 Å². The smallest absolute Gasteiger partial charge is 0.119 e. The van der Waals surface area contributed by atoms with E-state index in [4.69, 9.17) is 4.74 Å². The summed E-state index contributed by atoms with van der Waals surface area (Å²) in [6.07, 6.45) is 1.80. The Balaban J connectivity index is 2.67. The van der Waals surface area contributed by atoms with Crippen LogP contribution in [0.5, 0.6) is 5.75 Å². The lowest BCUT2D eigenvalue weighted by molar-refractivity contribution is 0.00846. The summed E-state index contributed by atoms with van der Waals surface area (Å²) < 4.78 is 5.61. The molecule has 1 aromatic rings. The molecule has 1 rings (SSSR count). The minimum atomic E-state index is -0.749. The molecule has 1 unspecified atom stereocenters. The van der Waals surface area contributed by atoms with Crippen molar-refractivity contribution in [3.63, 3.8) is 0 Å². The predicted molar refractivity (Wildman–Crippen MR) is 76.2 cm³/mol. The van der Waals surface area contributed by atoms with Gasteiger partial charge in [-0.2, -0.15) is 0 Å². The van der Waals surface area contributed by atoms with Gasteiger partial charge in [-0.3, -0.25) is 0 Å². The summed E-state index contributed by atoms with van der Waals surface area (Å²) in [6, 6.07) is 8.19. The maximum absolute atomic E-state index is 9.88. The molecule has 0 fully saturated rings. The molecular weight excluding hydrogens is 224 g/mol. The molecule has 2 nitrogen and oxygen atoms in total. The first kappa shape index (κ1) is 15.0. The molecule has 0 aliphatic heterocycles. The molecule has 0 bridgehead atoms. The quantitative estimate of drug-likeness (QED) is 0.829. The van der Waals surface area contributed by atoms with Crippen LogP contribution < -0.4 is 4.74 Å². The minimum Gasteiger partial charge on any atom is -0.491 e. The molecule has 0 radical (unpaired) electrons. The largest absolute Gasteiger partial charge is 0.491 e. The van der Waals surface area contributed by atoms with Gasteiger partial charge in [0.1, 0.15) is 12.4 Å². The highest BCUT2D eigenvalue weighted by Gasteiger charge is 2.19. The van der Waals surface area contributed by atoms with E-state index >= 15 is 0 Å². The van der Waals surface area contributed by atoms with E-state index in [1.807, 2.05) is 19.1 Å². The molecule has 0 saturated carbocycles. The summed E-state index contributed by atoms with van der Waals surface area (Å²) in [6.45, 7) is 10.8. The zero-order valence-corrected chi connectivity index (χ0v) is 12.3. The lowest BCUT2D eigenvalue weighted by Gasteiger charge is -2.24. The van der Waals surface area contributed by atoms with Gasteiger partial charge in [0.2, 0.25) is 0 Å². The number of aliphatic hydroxyl groups is 1. The molecular formula is C16H26O2. The standard InChI is InChI=1S/C16H26O2/c1-6-15(3,4)13-8-10-14(11-9-13)18-12-16(5,17)7-2/h8-11,17H,6-7,12H2,1-5H3. The van der Waals surface area contributed by atoms with E-state index in [1.165, 1.54) is 5.56 Å². The van der Waals surface area contributed by atoms with E-state index in [1.54, 1.807) is 6.92 Å². The number of rotatable bonds is 6. The van der Waals surface area contributed by atoms with Crippen LogP contribution in [0.25, 0.3) is 0 Å². The summed E-state index contributed by atoms with van der Waals surface area (Å²) in [7, 11) is 0. The van der Waals surface area contributed by atoms with Gasteiger partial charge in [-0.1, -0.05) is 39.8 Å². The minimum absolute atomic E-state index is 0.202. The monoisotopic (exact) mass is 250 g/mol. The zero-order valence-electron chi connectivity index (χ0n) is 12.3. The second kappa shape index (κ2) is 5.75. The SMILES string of the molecule is CCC(C)(O)COc1ccc(C(C)(C)CC)cc1. The van der Waals surface area contributed by atoms with Gasteiger partial charge in [0.25, 0.3) is 0 Å². The fraction of sp³-hybridized carbons (Fsp3) is 0.625. The Bertz CT molecular complexity index is 363. The normalized spacial score (nSPS) is 15.2. The van der Waals surface area contributed by atoms with Crippen molar-refractivity contribution in [3.8, 4) is 5.75 Å². The first-order valence-electron chi connectivity index (χ1n) is 6.76. The highest BCUT2D eigenvalue weighted by molar-refractivity contribution is 5.31. The lowest BCUT2D eigenvalue weighted by Crippen LogP contribution is -2.31. The molecule has 0 amide bonds. The Labute approximate surface area is 111 Å². The van der Waals surface area contributed by atoms with Crippen LogP contribution in [0.4, 0.5) is 0 Å². The van der Waals surface area contributed by atoms with Crippen LogP contribution in [0.15, 0.2) is 24.3 Å². The van der Waals surface area contributed by atoms with Crippen LogP contribution in [0.3, 0.4) is 0 Å². The van der Waals surface area contributed by atoms with E-state index < -0.39 is 5.60 Å². The van der Waals surface area contributed by atoms with Crippen molar-refractivity contribution in [2.24, 2.45) is 0 Å². The van der Waals surface area contributed by atoms with Gasteiger partial charge in [0.15, 0.2) is 0 Å². The Morgan fingerprint density at radius 2 is 1.56 bits per heavy atom. The lowest BCUT2D eigenvalue weighted by atomic mass is 9.82. The van der Waals surface area contributed by atoms with Crippen molar-refractivity contribution in [2.75, 3.05) is 6.61 Å². The van der Waals surface area contributed by atoms with Crippen LogP contribution in [-0.2, 0) is 5.41 Å². The molecule has 0 spiro atoms. The second-order valence-electron chi connectivity index (χ2n) is 5.90. The number of benzene rings is 1. The Morgan fingerprint density at radius 3 is 2.00 bits per heavy atom. The third-order valence-corrected chi connectivity index (χ3v) is 3.83. The molecule has 0 saturated heterocycles. The summed E-state index contributed by atoms with van der Waals surface area (Å²) in [5.74, 6) is 0.819. The molecule has 0 aliphatic rings. The van der Waals surface area contributed by atoms with E-state index in [-0.39, 0.29) is 5.41 Å². The summed E-state index contributed by atoms with van der Waals surface area (Å²) in [4.78, 5) is 0. The Kier molecular flexibility index (Phi) is 4.80. The van der Waals surface area contributed by atoms with Gasteiger partial charge in [-0.15, -0.1) is 0 Å². The Morgan fingerprint density at radius 1 is 1.00 bits per heavy atom. The van der Waals surface area contributed by atoms with Crippen LogP contribution in [0.2, 0.25) is 0 Å². The van der Waals surface area contributed by atoms with Gasteiger partial charge in [0.05, 0.1) is 5.60 Å². The second-order valence-corrected chi connectivity index (χ2v) is 5.90. The molecule has 18 heavy (non-hydrogen) atoms. The van der Waals surface area contributed by atoms with E-state index in [9.17, 15) is 5.11 Å². The van der Waals surface area contributed by atoms with Gasteiger partial charge in [-0.05, 0) is 42.9 Å². The maximum atomic E-state index is 9.88. The van der Waals surface area contributed by atoms with Crippen LogP contribution in [0.1, 0.15) is 53.0 Å². The third kappa shape index (κ3) is 4.02.